The lowest BCUT2D eigenvalue weighted by atomic mass is 9.98. The zero-order chi connectivity index (χ0) is 21.1. The second kappa shape index (κ2) is 8.61. The van der Waals surface area contributed by atoms with E-state index in [0.29, 0.717) is 25.8 Å². The summed E-state index contributed by atoms with van der Waals surface area (Å²) in [5.74, 6) is 0.761. The van der Waals surface area contributed by atoms with Crippen molar-refractivity contribution in [3.8, 4) is 11.4 Å². The molecule has 1 atom stereocenters. The third-order valence-electron chi connectivity index (χ3n) is 5.85. The third kappa shape index (κ3) is 4.17. The van der Waals surface area contributed by atoms with Gasteiger partial charge in [-0.15, -0.1) is 0 Å². The highest BCUT2D eigenvalue weighted by atomic mass is 16.5. The van der Waals surface area contributed by atoms with Gasteiger partial charge in [-0.05, 0) is 62.4 Å². The van der Waals surface area contributed by atoms with Gasteiger partial charge in [0.2, 0.25) is 5.91 Å². The van der Waals surface area contributed by atoms with Crippen LogP contribution >= 0.6 is 0 Å². The highest BCUT2D eigenvalue weighted by Gasteiger charge is 2.26. The molecule has 0 aliphatic heterocycles. The molecule has 1 aromatic heterocycles. The Balaban J connectivity index is 1.40. The summed E-state index contributed by atoms with van der Waals surface area (Å²) < 4.78 is 6.78. The van der Waals surface area contributed by atoms with Gasteiger partial charge in [-0.1, -0.05) is 29.8 Å². The van der Waals surface area contributed by atoms with Crippen LogP contribution in [0.5, 0.6) is 5.75 Å². The molecule has 1 unspecified atom stereocenters. The Morgan fingerprint density at radius 1 is 1.10 bits per heavy atom. The topological polar surface area (TPSA) is 76.1 Å². The molecule has 156 valence electrons. The number of carbonyl (C=O) groups is 1. The van der Waals surface area contributed by atoms with Crippen molar-refractivity contribution >= 4 is 5.91 Å². The monoisotopic (exact) mass is 405 g/mol. The fraction of sp³-hybridized carbons (Fsp3) is 0.333. The number of nitrogens with one attached hydrogen (secondary N) is 2. The van der Waals surface area contributed by atoms with Gasteiger partial charge in [0.1, 0.15) is 5.75 Å². The van der Waals surface area contributed by atoms with Crippen LogP contribution in [0.15, 0.2) is 53.3 Å². The van der Waals surface area contributed by atoms with Gasteiger partial charge in [-0.2, -0.15) is 0 Å². The molecule has 0 saturated heterocycles. The lowest BCUT2D eigenvalue weighted by Gasteiger charge is -2.14. The lowest BCUT2D eigenvalue weighted by Crippen LogP contribution is -2.30. The summed E-state index contributed by atoms with van der Waals surface area (Å²) in [5, 5.41) is 6.30. The van der Waals surface area contributed by atoms with E-state index in [1.54, 1.807) is 11.8 Å². The van der Waals surface area contributed by atoms with Crippen molar-refractivity contribution in [1.29, 1.82) is 0 Å². The van der Waals surface area contributed by atoms with E-state index in [9.17, 15) is 9.59 Å². The van der Waals surface area contributed by atoms with Crippen molar-refractivity contribution in [2.45, 2.75) is 39.2 Å². The molecule has 3 aromatic rings. The molecule has 1 amide bonds. The van der Waals surface area contributed by atoms with Gasteiger partial charge in [0.05, 0.1) is 12.8 Å². The van der Waals surface area contributed by atoms with Crippen LogP contribution < -0.4 is 15.6 Å². The fourth-order valence-corrected chi connectivity index (χ4v) is 3.98. The smallest absolute Gasteiger partial charge is 0.274 e. The average molecular weight is 405 g/mol. The summed E-state index contributed by atoms with van der Waals surface area (Å²) in [6, 6.07) is 15.6. The molecule has 2 N–H and O–H groups in total. The average Bonchev–Trinajstić information content (AvgIpc) is 2.94. The number of hydrogen-bond donors (Lipinski definition) is 2. The Morgan fingerprint density at radius 2 is 1.80 bits per heavy atom. The first-order chi connectivity index (χ1) is 14.5. The Labute approximate surface area is 175 Å². The maximum absolute atomic E-state index is 12.9. The quantitative estimate of drug-likeness (QED) is 0.640. The molecule has 0 bridgehead atoms. The molecule has 1 heterocycles. The van der Waals surface area contributed by atoms with Crippen molar-refractivity contribution in [1.82, 2.24) is 15.1 Å². The summed E-state index contributed by atoms with van der Waals surface area (Å²) in [4.78, 5) is 25.6. The zero-order valence-electron chi connectivity index (χ0n) is 17.4. The molecule has 0 radical (unpaired) electrons. The molecule has 4 rings (SSSR count). The molecular weight excluding hydrogens is 378 g/mol. The molecular formula is C24H27N3O3. The third-order valence-corrected chi connectivity index (χ3v) is 5.85. The van der Waals surface area contributed by atoms with E-state index < -0.39 is 0 Å². The molecule has 1 aliphatic carbocycles. The fourth-order valence-electron chi connectivity index (χ4n) is 3.98. The van der Waals surface area contributed by atoms with Crippen LogP contribution in [0.3, 0.4) is 0 Å². The minimum atomic E-state index is -0.0868. The van der Waals surface area contributed by atoms with Crippen LogP contribution in [-0.4, -0.2) is 22.8 Å². The normalized spacial score (nSPS) is 15.9. The van der Waals surface area contributed by atoms with Gasteiger partial charge < -0.3 is 10.1 Å². The van der Waals surface area contributed by atoms with E-state index in [4.69, 9.17) is 4.74 Å². The molecule has 6 heteroatoms. The van der Waals surface area contributed by atoms with E-state index >= 15 is 0 Å². The maximum Gasteiger partial charge on any atom is 0.274 e. The number of methoxy groups -OCH3 is 1. The minimum Gasteiger partial charge on any atom is -0.497 e. The van der Waals surface area contributed by atoms with Gasteiger partial charge in [0, 0.05) is 23.7 Å². The van der Waals surface area contributed by atoms with Gasteiger partial charge >= 0.3 is 0 Å². The summed E-state index contributed by atoms with van der Waals surface area (Å²) in [6.45, 7) is 2.52. The second-order valence-electron chi connectivity index (χ2n) is 7.89. The number of nitrogens with zero attached hydrogens (tertiary/aromatic N) is 1. The number of aromatic nitrogens is 2. The predicted octanol–water partition coefficient (Wildman–Crippen LogP) is 3.29. The van der Waals surface area contributed by atoms with Crippen LogP contribution in [-0.2, 0) is 24.2 Å². The van der Waals surface area contributed by atoms with E-state index in [2.05, 4.69) is 10.4 Å². The summed E-state index contributed by atoms with van der Waals surface area (Å²) in [6.07, 6.45) is 2.73. The summed E-state index contributed by atoms with van der Waals surface area (Å²) in [5.41, 5.74) is 4.78. The highest BCUT2D eigenvalue weighted by Crippen LogP contribution is 2.23. The number of ether oxygens (including phenoxy) is 1. The first-order valence-electron chi connectivity index (χ1n) is 10.4. The van der Waals surface area contributed by atoms with Crippen LogP contribution in [0.4, 0.5) is 0 Å². The number of aryl methyl sites for hydroxylation is 2. The number of hydrogen-bond acceptors (Lipinski definition) is 3. The molecule has 0 fully saturated rings. The van der Waals surface area contributed by atoms with Crippen LogP contribution in [0.1, 0.15) is 35.2 Å². The maximum atomic E-state index is 12.9. The van der Waals surface area contributed by atoms with Gasteiger partial charge in [0.25, 0.3) is 5.56 Å². The highest BCUT2D eigenvalue weighted by molar-refractivity contribution is 5.78. The number of H-pyrrole nitrogens is 1. The summed E-state index contributed by atoms with van der Waals surface area (Å²) in [7, 11) is 1.63. The van der Waals surface area contributed by atoms with Crippen molar-refractivity contribution in [3.05, 3.63) is 81.3 Å². The number of aromatic amines is 1. The Morgan fingerprint density at radius 3 is 2.50 bits per heavy atom. The SMILES string of the molecule is COc1ccc(CNC(=O)C2CCc3[nH]n(-c4ccc(C)cc4)c(=O)c3CC2)cc1. The molecule has 2 aromatic carbocycles. The Hall–Kier alpha value is -3.28. The van der Waals surface area contributed by atoms with E-state index in [1.807, 2.05) is 55.5 Å². The number of benzene rings is 2. The number of fused-ring (bicyclic) bond motifs is 1. The first kappa shape index (κ1) is 20.0. The zero-order valence-corrected chi connectivity index (χ0v) is 17.4. The number of carbonyl (C=O) groups excluding carboxylic acids is 1. The second-order valence-corrected chi connectivity index (χ2v) is 7.89. The van der Waals surface area contributed by atoms with Crippen LogP contribution in [0.25, 0.3) is 5.69 Å². The summed E-state index contributed by atoms with van der Waals surface area (Å²) >= 11 is 0. The first-order valence-corrected chi connectivity index (χ1v) is 10.4. The minimum absolute atomic E-state index is 0.00635. The number of amides is 1. The predicted molar refractivity (Wildman–Crippen MR) is 116 cm³/mol. The van der Waals surface area contributed by atoms with Crippen molar-refractivity contribution in [2.75, 3.05) is 7.11 Å². The molecule has 0 spiro atoms. The van der Waals surface area contributed by atoms with E-state index in [-0.39, 0.29) is 17.4 Å². The lowest BCUT2D eigenvalue weighted by molar-refractivity contribution is -0.125. The van der Waals surface area contributed by atoms with Crippen molar-refractivity contribution in [2.24, 2.45) is 5.92 Å². The van der Waals surface area contributed by atoms with Gasteiger partial charge in [-0.3, -0.25) is 14.7 Å². The Bertz CT molecular complexity index is 1080. The molecule has 1 aliphatic rings. The van der Waals surface area contributed by atoms with Gasteiger partial charge in [-0.25, -0.2) is 4.68 Å². The molecule has 0 saturated carbocycles. The van der Waals surface area contributed by atoms with Crippen molar-refractivity contribution < 1.29 is 9.53 Å². The number of rotatable bonds is 5. The van der Waals surface area contributed by atoms with E-state index in [1.165, 1.54) is 0 Å². The van der Waals surface area contributed by atoms with Crippen LogP contribution in [0.2, 0.25) is 0 Å². The molecule has 6 nitrogen and oxygen atoms in total. The van der Waals surface area contributed by atoms with E-state index in [0.717, 1.165) is 40.2 Å². The molecule has 30 heavy (non-hydrogen) atoms. The van der Waals surface area contributed by atoms with Gasteiger partial charge in [0.15, 0.2) is 0 Å². The largest absolute Gasteiger partial charge is 0.497 e. The van der Waals surface area contributed by atoms with Crippen molar-refractivity contribution in [3.63, 3.8) is 0 Å². The standard InChI is InChI=1S/C24H27N3O3/c1-16-3-9-19(10-4-16)27-24(29)21-13-7-18(8-14-22(21)26-27)23(28)25-15-17-5-11-20(30-2)12-6-17/h3-6,9-12,18,26H,7-8,13-15H2,1-2H3,(H,25,28). The Kier molecular flexibility index (Phi) is 5.74. The van der Waals surface area contributed by atoms with Crippen LogP contribution in [0, 0.1) is 12.8 Å².